The molecule has 20 heavy (non-hydrogen) atoms. The number of hydrogen-bond donors (Lipinski definition) is 1. The van der Waals surface area contributed by atoms with Crippen molar-refractivity contribution in [2.24, 2.45) is 5.92 Å². The molecule has 2 saturated heterocycles. The molecule has 0 aliphatic carbocycles. The van der Waals surface area contributed by atoms with Crippen LogP contribution in [-0.4, -0.2) is 50.7 Å². The summed E-state index contributed by atoms with van der Waals surface area (Å²) in [5, 5.41) is 3.36. The van der Waals surface area contributed by atoms with Crippen LogP contribution >= 0.6 is 0 Å². The molecule has 5 nitrogen and oxygen atoms in total. The second-order valence-corrected chi connectivity index (χ2v) is 5.31. The monoisotopic (exact) mass is 276 g/mol. The largest absolute Gasteiger partial charge is 0.496 e. The maximum atomic E-state index is 12.9. The summed E-state index contributed by atoms with van der Waals surface area (Å²) in [5.41, 5.74) is 0.532. The number of rotatable bonds is 3. The molecule has 0 aromatic heterocycles. The lowest BCUT2D eigenvalue weighted by molar-refractivity contribution is 0.0730. The summed E-state index contributed by atoms with van der Waals surface area (Å²) in [5.74, 6) is 1.74. The van der Waals surface area contributed by atoms with Gasteiger partial charge in [-0.2, -0.15) is 0 Å². The van der Waals surface area contributed by atoms with Crippen LogP contribution in [0, 0.1) is 5.92 Å². The number of methoxy groups -OCH3 is 2. The van der Waals surface area contributed by atoms with Gasteiger partial charge in [-0.1, -0.05) is 6.07 Å². The van der Waals surface area contributed by atoms with Gasteiger partial charge in [-0.15, -0.1) is 0 Å². The Kier molecular flexibility index (Phi) is 3.53. The van der Waals surface area contributed by atoms with E-state index < -0.39 is 0 Å². The second-order valence-electron chi connectivity index (χ2n) is 5.31. The van der Waals surface area contributed by atoms with E-state index in [4.69, 9.17) is 9.47 Å². The zero-order valence-corrected chi connectivity index (χ0v) is 11.9. The number of likely N-dealkylation sites (tertiary alicyclic amines) is 1. The molecule has 0 saturated carbocycles. The van der Waals surface area contributed by atoms with Gasteiger partial charge in [-0.3, -0.25) is 4.79 Å². The normalized spacial score (nSPS) is 24.6. The first-order valence-electron chi connectivity index (χ1n) is 6.99. The molecule has 1 aromatic rings. The van der Waals surface area contributed by atoms with E-state index in [2.05, 4.69) is 5.32 Å². The molecule has 2 atom stereocenters. The van der Waals surface area contributed by atoms with E-state index in [0.29, 0.717) is 29.0 Å². The van der Waals surface area contributed by atoms with Gasteiger partial charge in [0.05, 0.1) is 14.2 Å². The van der Waals surface area contributed by atoms with E-state index in [9.17, 15) is 4.79 Å². The molecule has 108 valence electrons. The molecule has 0 unspecified atom stereocenters. The molecule has 1 aromatic carbocycles. The van der Waals surface area contributed by atoms with Crippen molar-refractivity contribution in [1.82, 2.24) is 10.2 Å². The van der Waals surface area contributed by atoms with Crippen molar-refractivity contribution in [3.8, 4) is 11.5 Å². The number of fused-ring (bicyclic) bond motifs is 1. The third kappa shape index (κ3) is 2.02. The van der Waals surface area contributed by atoms with Crippen LogP contribution in [0.1, 0.15) is 16.8 Å². The minimum atomic E-state index is 0.00972. The lowest BCUT2D eigenvalue weighted by atomic mass is 10.0. The number of amides is 1. The van der Waals surface area contributed by atoms with Gasteiger partial charge in [0, 0.05) is 25.7 Å². The number of ether oxygens (including phenoxy) is 2. The number of benzene rings is 1. The van der Waals surface area contributed by atoms with Gasteiger partial charge in [0.1, 0.15) is 17.1 Å². The summed E-state index contributed by atoms with van der Waals surface area (Å²) in [4.78, 5) is 14.9. The third-order valence-electron chi connectivity index (χ3n) is 4.35. The van der Waals surface area contributed by atoms with E-state index in [-0.39, 0.29) is 5.91 Å². The van der Waals surface area contributed by atoms with Crippen LogP contribution in [0.25, 0.3) is 0 Å². The van der Waals surface area contributed by atoms with Gasteiger partial charge >= 0.3 is 0 Å². The SMILES string of the molecule is COc1cccc(OC)c1C(=O)N1CC[C@H]2CNC[C@H]21. The molecule has 5 heteroatoms. The number of nitrogens with zero attached hydrogens (tertiary/aromatic N) is 1. The first-order chi connectivity index (χ1) is 9.76. The third-order valence-corrected chi connectivity index (χ3v) is 4.35. The standard InChI is InChI=1S/C15H20N2O3/c1-19-12-4-3-5-13(20-2)14(12)15(18)17-7-6-10-8-16-9-11(10)17/h3-5,10-11,16H,6-9H2,1-2H3/t10-,11+/m0/s1. The van der Waals surface area contributed by atoms with Crippen LogP contribution in [0.3, 0.4) is 0 Å². The summed E-state index contributed by atoms with van der Waals surface area (Å²) >= 11 is 0. The zero-order valence-electron chi connectivity index (χ0n) is 11.9. The molecule has 3 rings (SSSR count). The molecule has 2 aliphatic rings. The summed E-state index contributed by atoms with van der Waals surface area (Å²) in [6.07, 6.45) is 1.07. The minimum absolute atomic E-state index is 0.00972. The average Bonchev–Trinajstić information content (AvgIpc) is 3.08. The maximum Gasteiger partial charge on any atom is 0.261 e. The van der Waals surface area contributed by atoms with Crippen LogP contribution in [0.4, 0.5) is 0 Å². The summed E-state index contributed by atoms with van der Waals surface area (Å²) < 4.78 is 10.7. The van der Waals surface area contributed by atoms with Gasteiger partial charge in [0.15, 0.2) is 0 Å². The van der Waals surface area contributed by atoms with Crippen LogP contribution in [0.15, 0.2) is 18.2 Å². The molecule has 2 fully saturated rings. The summed E-state index contributed by atoms with van der Waals surface area (Å²) in [7, 11) is 3.16. The molecule has 0 spiro atoms. The van der Waals surface area contributed by atoms with E-state index in [1.807, 2.05) is 11.0 Å². The van der Waals surface area contributed by atoms with Crippen LogP contribution in [0.2, 0.25) is 0 Å². The second kappa shape index (κ2) is 5.32. The molecule has 1 amide bonds. The fraction of sp³-hybridized carbons (Fsp3) is 0.533. The van der Waals surface area contributed by atoms with Gasteiger partial charge in [0.25, 0.3) is 5.91 Å². The Balaban J connectivity index is 1.94. The number of carbonyl (C=O) groups excluding carboxylic acids is 1. The Morgan fingerprint density at radius 3 is 2.60 bits per heavy atom. The van der Waals surface area contributed by atoms with Crippen molar-refractivity contribution >= 4 is 5.91 Å². The lowest BCUT2D eigenvalue weighted by Crippen LogP contribution is -2.39. The van der Waals surface area contributed by atoms with E-state index in [0.717, 1.165) is 26.1 Å². The predicted molar refractivity (Wildman–Crippen MR) is 75.3 cm³/mol. The first kappa shape index (κ1) is 13.2. The van der Waals surface area contributed by atoms with Gasteiger partial charge in [0.2, 0.25) is 0 Å². The Morgan fingerprint density at radius 1 is 1.25 bits per heavy atom. The van der Waals surface area contributed by atoms with Crippen LogP contribution in [-0.2, 0) is 0 Å². The van der Waals surface area contributed by atoms with E-state index >= 15 is 0 Å². The predicted octanol–water partition coefficient (Wildman–Crippen LogP) is 1.14. The highest BCUT2D eigenvalue weighted by Crippen LogP contribution is 2.34. The lowest BCUT2D eigenvalue weighted by Gasteiger charge is -2.25. The highest BCUT2D eigenvalue weighted by atomic mass is 16.5. The summed E-state index contributed by atoms with van der Waals surface area (Å²) in [6, 6.07) is 5.74. The molecule has 2 heterocycles. The fourth-order valence-electron chi connectivity index (χ4n) is 3.31. The Labute approximate surface area is 118 Å². The Morgan fingerprint density at radius 2 is 1.95 bits per heavy atom. The topological polar surface area (TPSA) is 50.8 Å². The first-order valence-corrected chi connectivity index (χ1v) is 6.99. The van der Waals surface area contributed by atoms with E-state index in [1.54, 1.807) is 26.4 Å². The minimum Gasteiger partial charge on any atom is -0.496 e. The molecular formula is C15H20N2O3. The quantitative estimate of drug-likeness (QED) is 0.899. The number of hydrogen-bond acceptors (Lipinski definition) is 4. The number of carbonyl (C=O) groups is 1. The van der Waals surface area contributed by atoms with Crippen molar-refractivity contribution in [2.75, 3.05) is 33.9 Å². The smallest absolute Gasteiger partial charge is 0.261 e. The molecular weight excluding hydrogens is 256 g/mol. The molecule has 1 N–H and O–H groups in total. The van der Waals surface area contributed by atoms with Crippen LogP contribution < -0.4 is 14.8 Å². The average molecular weight is 276 g/mol. The maximum absolute atomic E-state index is 12.9. The number of nitrogens with one attached hydrogen (secondary N) is 1. The van der Waals surface area contributed by atoms with E-state index in [1.165, 1.54) is 0 Å². The highest BCUT2D eigenvalue weighted by Gasteiger charge is 2.41. The van der Waals surface area contributed by atoms with Crippen molar-refractivity contribution in [1.29, 1.82) is 0 Å². The summed E-state index contributed by atoms with van der Waals surface area (Å²) in [6.45, 7) is 2.71. The van der Waals surface area contributed by atoms with Crippen molar-refractivity contribution in [3.05, 3.63) is 23.8 Å². The Bertz CT molecular complexity index is 496. The zero-order chi connectivity index (χ0) is 14.1. The fourth-order valence-corrected chi connectivity index (χ4v) is 3.31. The highest BCUT2D eigenvalue weighted by molar-refractivity contribution is 6.00. The van der Waals surface area contributed by atoms with Gasteiger partial charge in [-0.05, 0) is 24.5 Å². The Hall–Kier alpha value is -1.75. The van der Waals surface area contributed by atoms with Crippen LogP contribution in [0.5, 0.6) is 11.5 Å². The van der Waals surface area contributed by atoms with Crippen molar-refractivity contribution in [3.63, 3.8) is 0 Å². The van der Waals surface area contributed by atoms with Crippen molar-refractivity contribution in [2.45, 2.75) is 12.5 Å². The van der Waals surface area contributed by atoms with Crippen molar-refractivity contribution < 1.29 is 14.3 Å². The molecule has 0 bridgehead atoms. The molecule has 0 radical (unpaired) electrons. The van der Waals surface area contributed by atoms with Gasteiger partial charge < -0.3 is 19.7 Å². The van der Waals surface area contributed by atoms with Gasteiger partial charge in [-0.25, -0.2) is 0 Å². The molecule has 2 aliphatic heterocycles.